The van der Waals surface area contributed by atoms with Gasteiger partial charge in [-0.25, -0.2) is 4.79 Å². The van der Waals surface area contributed by atoms with Crippen LogP contribution in [0.25, 0.3) is 0 Å². The van der Waals surface area contributed by atoms with Gasteiger partial charge in [-0.3, -0.25) is 14.4 Å². The van der Waals surface area contributed by atoms with Crippen molar-refractivity contribution in [3.05, 3.63) is 65.2 Å². The minimum atomic E-state index is -1.01. The van der Waals surface area contributed by atoms with E-state index in [4.69, 9.17) is 4.74 Å². The Morgan fingerprint density at radius 3 is 2.47 bits per heavy atom. The predicted octanol–water partition coefficient (Wildman–Crippen LogP) is 3.20. The lowest BCUT2D eigenvalue weighted by atomic mass is 10.1. The molecular weight excluding hydrogens is 384 g/mol. The van der Waals surface area contributed by atoms with Crippen molar-refractivity contribution in [3.8, 4) is 0 Å². The van der Waals surface area contributed by atoms with Crippen molar-refractivity contribution < 1.29 is 23.9 Å². The molecule has 7 heteroatoms. The molecule has 0 aliphatic carbocycles. The minimum Gasteiger partial charge on any atom is -0.449 e. The van der Waals surface area contributed by atoms with Gasteiger partial charge in [-0.15, -0.1) is 0 Å². The molecule has 0 radical (unpaired) electrons. The zero-order chi connectivity index (χ0) is 21.7. The summed E-state index contributed by atoms with van der Waals surface area (Å²) in [6.45, 7) is 4.20. The van der Waals surface area contributed by atoms with Gasteiger partial charge in [0.1, 0.15) is 0 Å². The molecule has 1 atom stereocenters. The van der Waals surface area contributed by atoms with Crippen molar-refractivity contribution in [2.75, 3.05) is 11.9 Å². The maximum atomic E-state index is 12.4. The van der Waals surface area contributed by atoms with Crippen LogP contribution >= 0.6 is 0 Å². The van der Waals surface area contributed by atoms with Crippen molar-refractivity contribution in [1.29, 1.82) is 0 Å². The van der Waals surface area contributed by atoms with Crippen molar-refractivity contribution in [1.82, 2.24) is 4.90 Å². The summed E-state index contributed by atoms with van der Waals surface area (Å²) in [6, 6.07) is 13.4. The number of benzene rings is 2. The fourth-order valence-corrected chi connectivity index (χ4v) is 3.18. The van der Waals surface area contributed by atoms with E-state index in [1.807, 2.05) is 0 Å². The van der Waals surface area contributed by atoms with E-state index in [1.54, 1.807) is 53.4 Å². The molecule has 1 aliphatic rings. The Morgan fingerprint density at radius 1 is 1.10 bits per heavy atom. The van der Waals surface area contributed by atoms with E-state index in [1.165, 1.54) is 13.8 Å². The van der Waals surface area contributed by atoms with Gasteiger partial charge < -0.3 is 15.0 Å². The highest BCUT2D eigenvalue weighted by atomic mass is 16.5. The van der Waals surface area contributed by atoms with Gasteiger partial charge in [0, 0.05) is 30.8 Å². The van der Waals surface area contributed by atoms with Crippen molar-refractivity contribution in [2.24, 2.45) is 0 Å². The molecule has 156 valence electrons. The number of amides is 2. The Morgan fingerprint density at radius 2 is 1.83 bits per heavy atom. The Kier molecular flexibility index (Phi) is 6.61. The molecule has 0 unspecified atom stereocenters. The summed E-state index contributed by atoms with van der Waals surface area (Å²) < 4.78 is 5.26. The van der Waals surface area contributed by atoms with E-state index >= 15 is 0 Å². The molecule has 2 amide bonds. The number of Topliss-reactive ketones (excluding diaryl/α,β-unsaturated/α-hetero) is 1. The predicted molar refractivity (Wildman–Crippen MR) is 111 cm³/mol. The topological polar surface area (TPSA) is 92.8 Å². The first kappa shape index (κ1) is 21.2. The molecule has 1 N–H and O–H groups in total. The molecule has 3 rings (SSSR count). The van der Waals surface area contributed by atoms with Gasteiger partial charge in [-0.1, -0.05) is 24.3 Å². The van der Waals surface area contributed by atoms with Crippen molar-refractivity contribution in [3.63, 3.8) is 0 Å². The summed E-state index contributed by atoms with van der Waals surface area (Å²) >= 11 is 0. The lowest BCUT2D eigenvalue weighted by Gasteiger charge is -2.16. The Labute approximate surface area is 175 Å². The summed E-state index contributed by atoms with van der Waals surface area (Å²) in [4.78, 5) is 49.6. The number of likely N-dealkylation sites (tertiary alicyclic amines) is 1. The highest BCUT2D eigenvalue weighted by Gasteiger charge is 2.21. The molecule has 30 heavy (non-hydrogen) atoms. The van der Waals surface area contributed by atoms with Crippen LogP contribution < -0.4 is 5.32 Å². The molecule has 7 nitrogen and oxygen atoms in total. The summed E-state index contributed by atoms with van der Waals surface area (Å²) in [5, 5.41) is 2.64. The van der Waals surface area contributed by atoms with E-state index < -0.39 is 18.0 Å². The molecule has 1 heterocycles. The van der Waals surface area contributed by atoms with Crippen LogP contribution in [0, 0.1) is 0 Å². The Bertz CT molecular complexity index is 968. The average molecular weight is 408 g/mol. The van der Waals surface area contributed by atoms with E-state index in [0.717, 1.165) is 18.5 Å². The number of hydrogen-bond donors (Lipinski definition) is 1. The molecule has 0 saturated carbocycles. The smallest absolute Gasteiger partial charge is 0.338 e. The van der Waals surface area contributed by atoms with E-state index in [0.29, 0.717) is 29.8 Å². The Hall–Kier alpha value is -3.48. The fraction of sp³-hybridized carbons (Fsp3) is 0.304. The second-order valence-corrected chi connectivity index (χ2v) is 7.29. The summed E-state index contributed by atoms with van der Waals surface area (Å²) in [6.07, 6.45) is 0.450. The lowest BCUT2D eigenvalue weighted by molar-refractivity contribution is -0.128. The van der Waals surface area contributed by atoms with Crippen LogP contribution in [-0.4, -0.2) is 41.1 Å². The van der Waals surface area contributed by atoms with Gasteiger partial charge in [-0.2, -0.15) is 0 Å². The largest absolute Gasteiger partial charge is 0.449 e. The first-order valence-corrected chi connectivity index (χ1v) is 9.83. The van der Waals surface area contributed by atoms with Gasteiger partial charge in [-0.05, 0) is 50.1 Å². The number of nitrogens with zero attached hydrogens (tertiary/aromatic N) is 1. The number of hydrogen-bond acceptors (Lipinski definition) is 5. The average Bonchev–Trinajstić information content (AvgIpc) is 3.13. The lowest BCUT2D eigenvalue weighted by Crippen LogP contribution is -2.30. The molecule has 1 fully saturated rings. The third kappa shape index (κ3) is 5.31. The first-order valence-electron chi connectivity index (χ1n) is 9.83. The van der Waals surface area contributed by atoms with Gasteiger partial charge in [0.2, 0.25) is 5.91 Å². The van der Waals surface area contributed by atoms with E-state index in [-0.39, 0.29) is 11.7 Å². The first-order chi connectivity index (χ1) is 14.3. The molecule has 0 aromatic heterocycles. The number of carbonyl (C=O) groups is 4. The van der Waals surface area contributed by atoms with Crippen molar-refractivity contribution >= 4 is 29.3 Å². The van der Waals surface area contributed by atoms with Gasteiger partial charge in [0.05, 0.1) is 5.56 Å². The number of carbonyl (C=O) groups excluding carboxylic acids is 4. The van der Waals surface area contributed by atoms with Crippen LogP contribution in [-0.2, 0) is 20.9 Å². The van der Waals surface area contributed by atoms with E-state index in [2.05, 4.69) is 5.32 Å². The molecule has 1 saturated heterocycles. The van der Waals surface area contributed by atoms with Gasteiger partial charge >= 0.3 is 5.97 Å². The van der Waals surface area contributed by atoms with Gasteiger partial charge in [0.15, 0.2) is 11.9 Å². The second-order valence-electron chi connectivity index (χ2n) is 7.29. The molecule has 2 aromatic carbocycles. The minimum absolute atomic E-state index is 0.108. The fourth-order valence-electron chi connectivity index (χ4n) is 3.18. The third-order valence-electron chi connectivity index (χ3n) is 4.92. The quantitative estimate of drug-likeness (QED) is 0.561. The summed E-state index contributed by atoms with van der Waals surface area (Å²) in [5.41, 5.74) is 2.19. The van der Waals surface area contributed by atoms with Crippen molar-refractivity contribution in [2.45, 2.75) is 39.3 Å². The van der Waals surface area contributed by atoms with Crippen LogP contribution in [0.4, 0.5) is 5.69 Å². The molecule has 0 bridgehead atoms. The van der Waals surface area contributed by atoms with Crippen LogP contribution in [0.3, 0.4) is 0 Å². The SMILES string of the molecule is CC(=O)c1cccc(NC(=O)[C@@H](C)OC(=O)c2ccc(CN3CCCC3=O)cc2)c1. The number of ketones is 1. The van der Waals surface area contributed by atoms with Crippen LogP contribution in [0.1, 0.15) is 53.0 Å². The monoisotopic (exact) mass is 408 g/mol. The number of nitrogens with one attached hydrogen (secondary N) is 1. The summed E-state index contributed by atoms with van der Waals surface area (Å²) in [5.74, 6) is -1.07. The normalized spacial score (nSPS) is 14.3. The molecule has 1 aliphatic heterocycles. The molecule has 0 spiro atoms. The summed E-state index contributed by atoms with van der Waals surface area (Å²) in [7, 11) is 0. The third-order valence-corrected chi connectivity index (χ3v) is 4.92. The molecular formula is C23H24N2O5. The number of ether oxygens (including phenoxy) is 1. The van der Waals surface area contributed by atoms with Crippen LogP contribution in [0.2, 0.25) is 0 Å². The maximum absolute atomic E-state index is 12.4. The highest BCUT2D eigenvalue weighted by Crippen LogP contribution is 2.16. The van der Waals surface area contributed by atoms with Crippen LogP contribution in [0.5, 0.6) is 0 Å². The number of rotatable bonds is 7. The number of anilines is 1. The van der Waals surface area contributed by atoms with Gasteiger partial charge in [0.25, 0.3) is 5.91 Å². The maximum Gasteiger partial charge on any atom is 0.338 e. The van der Waals surface area contributed by atoms with Crippen LogP contribution in [0.15, 0.2) is 48.5 Å². The zero-order valence-corrected chi connectivity index (χ0v) is 17.0. The molecule has 2 aromatic rings. The highest BCUT2D eigenvalue weighted by molar-refractivity contribution is 5.99. The van der Waals surface area contributed by atoms with E-state index in [9.17, 15) is 19.2 Å². The zero-order valence-electron chi connectivity index (χ0n) is 17.0. The second kappa shape index (κ2) is 9.35. The Balaban J connectivity index is 1.55. The number of esters is 1. The standard InChI is InChI=1S/C23H24N2O5/c1-15(26)19-5-3-6-20(13-19)24-22(28)16(2)30-23(29)18-10-8-17(9-11-18)14-25-12-4-7-21(25)27/h3,5-6,8-11,13,16H,4,7,12,14H2,1-2H3,(H,24,28)/t16-/m1/s1.